The van der Waals surface area contributed by atoms with E-state index in [0.717, 1.165) is 33.4 Å². The van der Waals surface area contributed by atoms with E-state index in [4.69, 9.17) is 41.8 Å². The van der Waals surface area contributed by atoms with Gasteiger partial charge in [0.2, 0.25) is 22.8 Å². The fourth-order valence-corrected chi connectivity index (χ4v) is 12.9. The number of rotatable bonds is 26. The number of ether oxygens (including phenoxy) is 3. The number of fused-ring (bicyclic) bond motifs is 2. The van der Waals surface area contributed by atoms with Gasteiger partial charge in [0.1, 0.15) is 23.2 Å². The Balaban J connectivity index is 0.632. The molecule has 0 spiro atoms. The van der Waals surface area contributed by atoms with Crippen LogP contribution in [-0.2, 0) is 60.5 Å². The smallest absolute Gasteiger partial charge is 0.297 e. The lowest BCUT2D eigenvalue weighted by atomic mass is 9.96. The molecule has 0 radical (unpaired) electrons. The molecular formula is C61H70Cl2N12O13S. The van der Waals surface area contributed by atoms with Crippen molar-refractivity contribution in [2.45, 2.75) is 110 Å². The largest absolute Gasteiger partial charge is 0.494 e. The molecule has 2 atom stereocenters. The number of nitrogens with one attached hydrogen (secondary N) is 5. The highest BCUT2D eigenvalue weighted by Crippen LogP contribution is 2.42. The fourth-order valence-electron chi connectivity index (χ4n) is 11.6. The molecule has 472 valence electrons. The van der Waals surface area contributed by atoms with Gasteiger partial charge in [0.15, 0.2) is 12.0 Å². The van der Waals surface area contributed by atoms with Crippen molar-refractivity contribution >= 4 is 85.3 Å². The number of aromatic amines is 1. The molecule has 0 aliphatic carbocycles. The van der Waals surface area contributed by atoms with Crippen LogP contribution in [0.1, 0.15) is 122 Å². The van der Waals surface area contributed by atoms with Crippen LogP contribution in [0.5, 0.6) is 5.75 Å². The Morgan fingerprint density at radius 3 is 2.39 bits per heavy atom. The van der Waals surface area contributed by atoms with Gasteiger partial charge >= 0.3 is 0 Å². The number of furan rings is 1. The number of piperidine rings is 2. The molecule has 2 saturated heterocycles. The molecule has 3 aliphatic heterocycles. The molecule has 0 bridgehead atoms. The minimum atomic E-state index is -4.64. The van der Waals surface area contributed by atoms with Crippen LogP contribution >= 0.6 is 23.2 Å². The van der Waals surface area contributed by atoms with Crippen molar-refractivity contribution in [1.29, 1.82) is 0 Å². The fraction of sp³-hybridized carbons (Fsp3) is 0.426. The Morgan fingerprint density at radius 1 is 0.888 bits per heavy atom. The van der Waals surface area contributed by atoms with E-state index in [1.807, 2.05) is 51.8 Å². The van der Waals surface area contributed by atoms with Gasteiger partial charge in [-0.15, -0.1) is 5.10 Å². The normalized spacial score (nSPS) is 16.3. The Bertz CT molecular complexity index is 3940. The summed E-state index contributed by atoms with van der Waals surface area (Å²) in [6.45, 7) is 11.0. The van der Waals surface area contributed by atoms with Crippen molar-refractivity contribution in [2.24, 2.45) is 13.0 Å². The zero-order chi connectivity index (χ0) is 63.3. The van der Waals surface area contributed by atoms with Crippen molar-refractivity contribution in [2.75, 3.05) is 57.9 Å². The molecule has 4 aromatic heterocycles. The summed E-state index contributed by atoms with van der Waals surface area (Å²) in [5, 5.41) is 33.2. The van der Waals surface area contributed by atoms with Gasteiger partial charge in [0, 0.05) is 91.1 Å². The second-order valence-corrected chi connectivity index (χ2v) is 24.8. The van der Waals surface area contributed by atoms with E-state index >= 15 is 0 Å². The zero-order valence-corrected chi connectivity index (χ0v) is 52.2. The topological polar surface area (TPSA) is 317 Å². The summed E-state index contributed by atoms with van der Waals surface area (Å²) in [5.41, 5.74) is 7.52. The average Bonchev–Trinajstić information content (AvgIpc) is 1.80. The third kappa shape index (κ3) is 14.3. The zero-order valence-electron chi connectivity index (χ0n) is 49.9. The standard InChI is InChI=1S/C61H70Cl2N12O13S/c1-34-29-40(30-35(2)54(34)63)87-25-8-10-41-42-13-14-44(62)53(51-36(3)69-72(5)37(51)4)55(42)67-56(41)59(80)70-89(83,84)50-18-16-47(88-50)58(79)65-31-38-19-23-73(24-20-38)49(77)12-7-22-74-32-39(68-71-74)33-86-28-27-85-26-21-64-45-11-6-9-43-52(45)61(82)75(60(43)81)46-15-17-48(76)66-57(46)78/h6,9,11,13-14,16,18,29-30,32,38,46,60,64,67,81H,7-8,10,12,15,17,19-28,31,33H2,1-5H3,(H,65,79)(H,70,80)(H,66,76,78). The number of anilines is 1. The van der Waals surface area contributed by atoms with Crippen LogP contribution < -0.4 is 25.4 Å². The van der Waals surface area contributed by atoms with E-state index in [1.54, 1.807) is 45.9 Å². The number of amides is 6. The number of H-pyrrole nitrogens is 1. The molecule has 2 unspecified atom stereocenters. The lowest BCUT2D eigenvalue weighted by Crippen LogP contribution is -2.53. The number of carbonyl (C=O) groups excluding carboxylic acids is 6. The Kier molecular flexibility index (Phi) is 19.9. The van der Waals surface area contributed by atoms with Crippen molar-refractivity contribution in [1.82, 2.24) is 54.9 Å². The van der Waals surface area contributed by atoms with Crippen LogP contribution in [0.2, 0.25) is 10.0 Å². The summed E-state index contributed by atoms with van der Waals surface area (Å²) >= 11 is 13.3. The summed E-state index contributed by atoms with van der Waals surface area (Å²) in [7, 11) is -2.82. The third-order valence-corrected chi connectivity index (χ3v) is 18.4. The van der Waals surface area contributed by atoms with Crippen LogP contribution in [0.3, 0.4) is 0 Å². The Hall–Kier alpha value is -8.14. The van der Waals surface area contributed by atoms with Gasteiger partial charge in [0.25, 0.3) is 27.7 Å². The molecule has 28 heteroatoms. The SMILES string of the molecule is Cc1cc(OCCCc2c(C(=O)NS(=O)(=O)c3ccc(C(=O)NCC4CCN(C(=O)CCCn5cc(COCCOCCNc6cccc7c6C(=O)N(C6CCC(=O)NC6=O)C7O)nn5)CC4)o3)[nH]c3c(-c4c(C)nn(C)c4C)c(Cl)ccc23)cc(C)c1Cl. The highest BCUT2D eigenvalue weighted by atomic mass is 35.5. The second kappa shape index (κ2) is 27.7. The summed E-state index contributed by atoms with van der Waals surface area (Å²) in [6.07, 6.45) is 3.54. The predicted molar refractivity (Wildman–Crippen MR) is 327 cm³/mol. The minimum Gasteiger partial charge on any atom is -0.494 e. The number of aromatic nitrogens is 6. The summed E-state index contributed by atoms with van der Waals surface area (Å²) in [5.74, 6) is -2.66. The number of likely N-dealkylation sites (tertiary alicyclic amines) is 1. The monoisotopic (exact) mass is 1280 g/mol. The molecule has 7 aromatic rings. The van der Waals surface area contributed by atoms with Gasteiger partial charge in [-0.25, -0.2) is 4.72 Å². The molecule has 3 aromatic carbocycles. The average molecular weight is 1280 g/mol. The first-order valence-corrected chi connectivity index (χ1v) is 31.6. The number of nitrogens with zero attached hydrogens (tertiary/aromatic N) is 7. The van der Waals surface area contributed by atoms with Gasteiger partial charge in [0.05, 0.1) is 61.0 Å². The molecule has 6 N–H and O–H groups in total. The van der Waals surface area contributed by atoms with E-state index in [-0.39, 0.29) is 74.7 Å². The number of carbonyl (C=O) groups is 6. The van der Waals surface area contributed by atoms with Gasteiger partial charge in [-0.2, -0.15) is 13.5 Å². The summed E-state index contributed by atoms with van der Waals surface area (Å²) in [4.78, 5) is 84.3. The number of hydrogen-bond acceptors (Lipinski definition) is 17. The van der Waals surface area contributed by atoms with E-state index < -0.39 is 56.9 Å². The van der Waals surface area contributed by atoms with Crippen LogP contribution in [0.4, 0.5) is 5.69 Å². The van der Waals surface area contributed by atoms with Gasteiger partial charge in [-0.05, 0) is 125 Å². The van der Waals surface area contributed by atoms with Crippen molar-refractivity contribution in [3.05, 3.63) is 127 Å². The van der Waals surface area contributed by atoms with Crippen LogP contribution in [0, 0.1) is 33.6 Å². The van der Waals surface area contributed by atoms with Crippen molar-refractivity contribution in [3.63, 3.8) is 0 Å². The molecule has 10 rings (SSSR count). The number of imide groups is 1. The number of hydrogen-bond donors (Lipinski definition) is 6. The first kappa shape index (κ1) is 63.9. The third-order valence-electron chi connectivity index (χ3n) is 16.3. The molecule has 2 fully saturated rings. The maximum absolute atomic E-state index is 14.2. The molecular weight excluding hydrogens is 1210 g/mol. The highest BCUT2D eigenvalue weighted by molar-refractivity contribution is 7.90. The van der Waals surface area contributed by atoms with Crippen molar-refractivity contribution in [3.8, 4) is 16.9 Å². The lowest BCUT2D eigenvalue weighted by molar-refractivity contribution is -0.139. The number of aliphatic hydroxyl groups is 1. The molecule has 0 saturated carbocycles. The van der Waals surface area contributed by atoms with E-state index in [2.05, 4.69) is 41.1 Å². The number of aliphatic hydroxyl groups excluding tert-OH is 1. The summed E-state index contributed by atoms with van der Waals surface area (Å²) in [6, 6.07) is 13.7. The van der Waals surface area contributed by atoms with E-state index in [9.17, 15) is 42.3 Å². The predicted octanol–water partition coefficient (Wildman–Crippen LogP) is 6.77. The molecule has 7 heterocycles. The van der Waals surface area contributed by atoms with Gasteiger partial charge in [-0.1, -0.05) is 46.6 Å². The first-order chi connectivity index (χ1) is 42.7. The molecule has 3 aliphatic rings. The van der Waals surface area contributed by atoms with Crippen LogP contribution in [0.25, 0.3) is 22.0 Å². The van der Waals surface area contributed by atoms with E-state index in [0.29, 0.717) is 132 Å². The number of aryl methyl sites for hydroxylation is 6. The van der Waals surface area contributed by atoms with Gasteiger partial charge in [-0.3, -0.25) is 48.3 Å². The highest BCUT2D eigenvalue weighted by Gasteiger charge is 2.45. The Labute approximate surface area is 523 Å². The van der Waals surface area contributed by atoms with Crippen LogP contribution in [0.15, 0.2) is 70.3 Å². The van der Waals surface area contributed by atoms with Gasteiger partial charge < -0.3 is 44.3 Å². The maximum atomic E-state index is 14.2. The van der Waals surface area contributed by atoms with Crippen molar-refractivity contribution < 1.29 is 60.9 Å². The second-order valence-electron chi connectivity index (χ2n) is 22.4. The number of benzene rings is 3. The number of halogens is 2. The molecule has 25 nitrogen and oxygen atoms in total. The van der Waals surface area contributed by atoms with E-state index in [1.165, 1.54) is 6.07 Å². The first-order valence-electron chi connectivity index (χ1n) is 29.4. The number of sulfonamides is 1. The Morgan fingerprint density at radius 2 is 1.65 bits per heavy atom. The molecule has 89 heavy (non-hydrogen) atoms. The minimum absolute atomic E-state index is 0.000815. The maximum Gasteiger partial charge on any atom is 0.297 e. The van der Waals surface area contributed by atoms with Crippen LogP contribution in [-0.4, -0.2) is 147 Å². The molecule has 6 amide bonds. The quantitative estimate of drug-likeness (QED) is 0.0241. The lowest BCUT2D eigenvalue weighted by Gasteiger charge is -2.32. The summed E-state index contributed by atoms with van der Waals surface area (Å²) < 4.78 is 56.2.